The standard InChI is InChI=1S/C6H5ClO4S.H4N2/c7-5-1-3-6(4-2-5)11-12(8,9)10;1-2/h1-4H,(H,8,9,10);1-2H2. The average molecular weight is 241 g/mol. The number of nitrogens with two attached hydrogens (primary N) is 2. The first-order valence-corrected chi connectivity index (χ1v) is 4.97. The van der Waals surface area contributed by atoms with E-state index in [-0.39, 0.29) is 5.75 Å². The Kier molecular flexibility index (Phi) is 5.43. The lowest BCUT2D eigenvalue weighted by Gasteiger charge is -1.99. The lowest BCUT2D eigenvalue weighted by Crippen LogP contribution is -2.06. The lowest BCUT2D eigenvalue weighted by atomic mass is 10.3. The SMILES string of the molecule is NN.O=S(=O)(O)Oc1ccc(Cl)cc1. The maximum absolute atomic E-state index is 10.2. The first-order valence-electron chi connectivity index (χ1n) is 3.23. The van der Waals surface area contributed by atoms with Crippen molar-refractivity contribution in [2.24, 2.45) is 11.7 Å². The first kappa shape index (κ1) is 13.1. The van der Waals surface area contributed by atoms with E-state index in [1.54, 1.807) is 0 Å². The lowest BCUT2D eigenvalue weighted by molar-refractivity contribution is 0.387. The van der Waals surface area contributed by atoms with Gasteiger partial charge in [0, 0.05) is 5.02 Å². The molecule has 8 heteroatoms. The van der Waals surface area contributed by atoms with E-state index in [1.807, 2.05) is 0 Å². The summed E-state index contributed by atoms with van der Waals surface area (Å²) in [6, 6.07) is 5.55. The highest BCUT2D eigenvalue weighted by molar-refractivity contribution is 7.81. The van der Waals surface area contributed by atoms with Gasteiger partial charge >= 0.3 is 10.4 Å². The summed E-state index contributed by atoms with van der Waals surface area (Å²) in [6.45, 7) is 0. The molecule has 5 N–H and O–H groups in total. The zero-order chi connectivity index (χ0) is 11.2. The van der Waals surface area contributed by atoms with Gasteiger partial charge in [0.2, 0.25) is 0 Å². The summed E-state index contributed by atoms with van der Waals surface area (Å²) in [5.41, 5.74) is 0. The number of rotatable bonds is 2. The van der Waals surface area contributed by atoms with Crippen LogP contribution in [0.25, 0.3) is 0 Å². The second-order valence-electron chi connectivity index (χ2n) is 1.96. The minimum atomic E-state index is -4.43. The van der Waals surface area contributed by atoms with Crippen molar-refractivity contribution in [1.29, 1.82) is 0 Å². The minimum Gasteiger partial charge on any atom is -0.362 e. The molecule has 0 aliphatic rings. The maximum atomic E-state index is 10.2. The van der Waals surface area contributed by atoms with Gasteiger partial charge in [-0.25, -0.2) is 0 Å². The van der Waals surface area contributed by atoms with Gasteiger partial charge in [0.25, 0.3) is 0 Å². The fraction of sp³-hybridized carbons (Fsp3) is 0. The number of hydrogen-bond acceptors (Lipinski definition) is 5. The van der Waals surface area contributed by atoms with Gasteiger partial charge in [-0.15, -0.1) is 0 Å². The summed E-state index contributed by atoms with van der Waals surface area (Å²) >= 11 is 5.52. The molecule has 0 atom stereocenters. The van der Waals surface area contributed by atoms with Gasteiger partial charge in [0.15, 0.2) is 0 Å². The Labute approximate surface area is 86.3 Å². The zero-order valence-electron chi connectivity index (χ0n) is 6.92. The van der Waals surface area contributed by atoms with Gasteiger partial charge < -0.3 is 4.18 Å². The molecule has 1 aromatic rings. The van der Waals surface area contributed by atoms with E-state index in [2.05, 4.69) is 15.9 Å². The molecule has 1 aromatic carbocycles. The van der Waals surface area contributed by atoms with Crippen molar-refractivity contribution in [3.05, 3.63) is 29.3 Å². The number of benzene rings is 1. The van der Waals surface area contributed by atoms with Crippen LogP contribution in [0.2, 0.25) is 5.02 Å². The third kappa shape index (κ3) is 5.73. The molecular weight excluding hydrogens is 232 g/mol. The second kappa shape index (κ2) is 5.78. The molecule has 0 aromatic heterocycles. The van der Waals surface area contributed by atoms with Crippen LogP contribution in [-0.4, -0.2) is 13.0 Å². The molecule has 6 nitrogen and oxygen atoms in total. The highest BCUT2D eigenvalue weighted by atomic mass is 35.5. The maximum Gasteiger partial charge on any atom is 0.446 e. The van der Waals surface area contributed by atoms with E-state index in [0.29, 0.717) is 5.02 Å². The Bertz CT molecular complexity index is 364. The van der Waals surface area contributed by atoms with Crippen LogP contribution in [0.3, 0.4) is 0 Å². The normalized spacial score (nSPS) is 10.0. The summed E-state index contributed by atoms with van der Waals surface area (Å²) in [7, 11) is -4.43. The Morgan fingerprint density at radius 3 is 2.00 bits per heavy atom. The van der Waals surface area contributed by atoms with Crippen molar-refractivity contribution in [3.63, 3.8) is 0 Å². The molecule has 0 amide bonds. The van der Waals surface area contributed by atoms with Crippen LogP contribution in [0.15, 0.2) is 24.3 Å². The van der Waals surface area contributed by atoms with Crippen LogP contribution in [0, 0.1) is 0 Å². The van der Waals surface area contributed by atoms with Crippen LogP contribution < -0.4 is 15.9 Å². The predicted octanol–water partition coefficient (Wildman–Crippen LogP) is 0.340. The molecule has 0 saturated heterocycles. The molecule has 80 valence electrons. The highest BCUT2D eigenvalue weighted by Gasteiger charge is 2.05. The monoisotopic (exact) mass is 240 g/mol. The quantitative estimate of drug-likeness (QED) is 0.390. The summed E-state index contributed by atoms with van der Waals surface area (Å²) in [5, 5.41) is 0.456. The smallest absolute Gasteiger partial charge is 0.362 e. The first-order chi connectivity index (χ1) is 6.47. The van der Waals surface area contributed by atoms with Crippen LogP contribution in [0.1, 0.15) is 0 Å². The van der Waals surface area contributed by atoms with E-state index in [1.165, 1.54) is 24.3 Å². The van der Waals surface area contributed by atoms with E-state index in [0.717, 1.165) is 0 Å². The molecule has 14 heavy (non-hydrogen) atoms. The van der Waals surface area contributed by atoms with Gasteiger partial charge in [-0.2, -0.15) is 8.42 Å². The van der Waals surface area contributed by atoms with Crippen molar-refractivity contribution < 1.29 is 17.2 Å². The largest absolute Gasteiger partial charge is 0.446 e. The van der Waals surface area contributed by atoms with Crippen molar-refractivity contribution in [1.82, 2.24) is 0 Å². The Hall–Kier alpha value is -0.860. The van der Waals surface area contributed by atoms with E-state index < -0.39 is 10.4 Å². The summed E-state index contributed by atoms with van der Waals surface area (Å²) < 4.78 is 32.8. The van der Waals surface area contributed by atoms with Gasteiger partial charge in [-0.3, -0.25) is 16.2 Å². The molecular formula is C6H9ClN2O4S. The van der Waals surface area contributed by atoms with Crippen molar-refractivity contribution in [2.45, 2.75) is 0 Å². The van der Waals surface area contributed by atoms with Crippen LogP contribution in [-0.2, 0) is 10.4 Å². The zero-order valence-corrected chi connectivity index (χ0v) is 8.49. The molecule has 0 aliphatic heterocycles. The molecule has 0 aliphatic carbocycles. The van der Waals surface area contributed by atoms with E-state index in [4.69, 9.17) is 16.2 Å². The van der Waals surface area contributed by atoms with Crippen molar-refractivity contribution in [3.8, 4) is 5.75 Å². The topological polar surface area (TPSA) is 116 Å². The highest BCUT2D eigenvalue weighted by Crippen LogP contribution is 2.16. The third-order valence-electron chi connectivity index (χ3n) is 1.02. The minimum absolute atomic E-state index is 0.0156. The van der Waals surface area contributed by atoms with Gasteiger partial charge in [-0.05, 0) is 24.3 Å². The summed E-state index contributed by atoms with van der Waals surface area (Å²) in [5.74, 6) is 8.02. The second-order valence-corrected chi connectivity index (χ2v) is 3.42. The summed E-state index contributed by atoms with van der Waals surface area (Å²) in [6.07, 6.45) is 0. The molecule has 0 saturated carbocycles. The van der Waals surface area contributed by atoms with E-state index >= 15 is 0 Å². The van der Waals surface area contributed by atoms with E-state index in [9.17, 15) is 8.42 Å². The molecule has 1 rings (SSSR count). The van der Waals surface area contributed by atoms with Crippen LogP contribution >= 0.6 is 11.6 Å². The Balaban J connectivity index is 0.000000791. The molecule has 0 bridgehead atoms. The van der Waals surface area contributed by atoms with Crippen molar-refractivity contribution >= 4 is 22.0 Å². The number of halogens is 1. The number of hydrogen-bond donors (Lipinski definition) is 3. The average Bonchev–Trinajstić information content (AvgIpc) is 2.10. The molecule has 0 fully saturated rings. The fourth-order valence-electron chi connectivity index (χ4n) is 0.612. The Morgan fingerprint density at radius 1 is 1.21 bits per heavy atom. The van der Waals surface area contributed by atoms with Gasteiger partial charge in [-0.1, -0.05) is 11.6 Å². The predicted molar refractivity (Wildman–Crippen MR) is 52.0 cm³/mol. The Morgan fingerprint density at radius 2 is 1.64 bits per heavy atom. The van der Waals surface area contributed by atoms with Crippen molar-refractivity contribution in [2.75, 3.05) is 0 Å². The van der Waals surface area contributed by atoms with Crippen LogP contribution in [0.4, 0.5) is 0 Å². The van der Waals surface area contributed by atoms with Gasteiger partial charge in [0.1, 0.15) is 5.75 Å². The van der Waals surface area contributed by atoms with Gasteiger partial charge in [0.05, 0.1) is 0 Å². The molecule has 0 spiro atoms. The van der Waals surface area contributed by atoms with Crippen LogP contribution in [0.5, 0.6) is 5.75 Å². The molecule has 0 heterocycles. The summed E-state index contributed by atoms with van der Waals surface area (Å²) in [4.78, 5) is 0. The molecule has 0 unspecified atom stereocenters. The molecule has 0 radical (unpaired) electrons. The third-order valence-corrected chi connectivity index (χ3v) is 1.67. The fourth-order valence-corrected chi connectivity index (χ4v) is 1.09. The number of hydrazine groups is 1.